The van der Waals surface area contributed by atoms with E-state index in [4.69, 9.17) is 10.5 Å². The second-order valence-electron chi connectivity index (χ2n) is 7.04. The molecule has 1 saturated heterocycles. The van der Waals surface area contributed by atoms with E-state index in [1.807, 2.05) is 22.6 Å². The number of hydrogen-bond acceptors (Lipinski definition) is 3. The van der Waals surface area contributed by atoms with Gasteiger partial charge in [-0.15, -0.1) is 0 Å². The molecule has 1 heterocycles. The van der Waals surface area contributed by atoms with Crippen LogP contribution in [0.1, 0.15) is 41.3 Å². The van der Waals surface area contributed by atoms with Crippen LogP contribution in [0.25, 0.3) is 0 Å². The first-order chi connectivity index (χ1) is 13.7. The minimum Gasteiger partial charge on any atom is -0.489 e. The summed E-state index contributed by atoms with van der Waals surface area (Å²) in [6.45, 7) is 2.57. The van der Waals surface area contributed by atoms with Crippen molar-refractivity contribution in [1.29, 1.82) is 0 Å². The van der Waals surface area contributed by atoms with Gasteiger partial charge in [-0.3, -0.25) is 9.59 Å². The minimum absolute atomic E-state index is 0.00568. The van der Waals surface area contributed by atoms with Crippen molar-refractivity contribution in [2.45, 2.75) is 32.3 Å². The number of hydrogen-bond donors (Lipinski definition) is 1. The van der Waals surface area contributed by atoms with Gasteiger partial charge >= 0.3 is 0 Å². The molecule has 0 unspecified atom stereocenters. The molecule has 154 valence electrons. The fourth-order valence-electron chi connectivity index (χ4n) is 3.49. The second kappa shape index (κ2) is 9.06. The maximum absolute atomic E-state index is 14.3. The predicted octanol–water partition coefficient (Wildman–Crippen LogP) is 3.65. The number of nitrogens with zero attached hydrogens (tertiary/aromatic N) is 1. The highest BCUT2D eigenvalue weighted by atomic mass is 127. The van der Waals surface area contributed by atoms with Crippen molar-refractivity contribution in [2.75, 3.05) is 13.1 Å². The molecule has 2 aromatic carbocycles. The molecule has 8 heteroatoms. The van der Waals surface area contributed by atoms with Gasteiger partial charge in [0.2, 0.25) is 5.91 Å². The van der Waals surface area contributed by atoms with Crippen molar-refractivity contribution in [3.05, 3.63) is 62.2 Å². The van der Waals surface area contributed by atoms with E-state index < -0.39 is 17.5 Å². The van der Waals surface area contributed by atoms with Crippen molar-refractivity contribution in [3.8, 4) is 5.75 Å². The molecule has 1 aliphatic rings. The molecule has 1 fully saturated rings. The van der Waals surface area contributed by atoms with Crippen molar-refractivity contribution in [1.82, 2.24) is 4.90 Å². The summed E-state index contributed by atoms with van der Waals surface area (Å²) in [7, 11) is 0. The number of benzene rings is 2. The van der Waals surface area contributed by atoms with Crippen LogP contribution in [0.2, 0.25) is 0 Å². The SMILES string of the molecule is CC(=O)N1CCC(Oc2cc(F)cc(Cc3ccc(I)cc3F)c2C(N)=O)CC1. The Morgan fingerprint density at radius 2 is 1.86 bits per heavy atom. The van der Waals surface area contributed by atoms with Crippen LogP contribution in [-0.4, -0.2) is 35.9 Å². The maximum Gasteiger partial charge on any atom is 0.252 e. The lowest BCUT2D eigenvalue weighted by molar-refractivity contribution is -0.130. The zero-order valence-corrected chi connectivity index (χ0v) is 18.0. The molecule has 0 atom stereocenters. The first kappa shape index (κ1) is 21.5. The number of nitrogens with two attached hydrogens (primary N) is 1. The van der Waals surface area contributed by atoms with Crippen molar-refractivity contribution >= 4 is 34.4 Å². The van der Waals surface area contributed by atoms with E-state index in [9.17, 15) is 18.4 Å². The fraction of sp³-hybridized carbons (Fsp3) is 0.333. The number of rotatable bonds is 5. The van der Waals surface area contributed by atoms with Crippen LogP contribution in [-0.2, 0) is 11.2 Å². The molecule has 5 nitrogen and oxygen atoms in total. The number of primary amides is 1. The Bertz CT molecular complexity index is 944. The average Bonchev–Trinajstić information content (AvgIpc) is 2.64. The number of carbonyl (C=O) groups excluding carboxylic acids is 2. The van der Waals surface area contributed by atoms with Crippen LogP contribution in [0.3, 0.4) is 0 Å². The molecule has 3 rings (SSSR count). The van der Waals surface area contributed by atoms with Crippen molar-refractivity contribution in [3.63, 3.8) is 0 Å². The summed E-state index contributed by atoms with van der Waals surface area (Å²) in [5.74, 6) is -1.74. The van der Waals surface area contributed by atoms with Gasteiger partial charge in [0.05, 0.1) is 5.56 Å². The third-order valence-electron chi connectivity index (χ3n) is 4.97. The van der Waals surface area contributed by atoms with Crippen LogP contribution in [0, 0.1) is 15.2 Å². The summed E-state index contributed by atoms with van der Waals surface area (Å²) >= 11 is 2.00. The molecular weight excluding hydrogens is 493 g/mol. The monoisotopic (exact) mass is 514 g/mol. The summed E-state index contributed by atoms with van der Waals surface area (Å²) in [5, 5.41) is 0. The molecule has 0 radical (unpaired) electrons. The van der Waals surface area contributed by atoms with E-state index in [0.29, 0.717) is 31.5 Å². The first-order valence-electron chi connectivity index (χ1n) is 9.23. The summed E-state index contributed by atoms with van der Waals surface area (Å²) in [4.78, 5) is 25.3. The molecule has 0 saturated carbocycles. The molecule has 0 spiro atoms. The largest absolute Gasteiger partial charge is 0.489 e. The van der Waals surface area contributed by atoms with E-state index in [1.54, 1.807) is 17.0 Å². The third kappa shape index (κ3) is 5.23. The number of carbonyl (C=O) groups is 2. The lowest BCUT2D eigenvalue weighted by Crippen LogP contribution is -2.40. The Hall–Kier alpha value is -2.23. The maximum atomic E-state index is 14.3. The van der Waals surface area contributed by atoms with E-state index in [2.05, 4.69) is 0 Å². The van der Waals surface area contributed by atoms with Gasteiger partial charge in [-0.1, -0.05) is 6.07 Å². The summed E-state index contributed by atoms with van der Waals surface area (Å²) in [5.41, 5.74) is 6.22. The van der Waals surface area contributed by atoms with Gasteiger partial charge in [0, 0.05) is 48.9 Å². The van der Waals surface area contributed by atoms with Crippen LogP contribution in [0.15, 0.2) is 30.3 Å². The number of likely N-dealkylation sites (tertiary alicyclic amines) is 1. The molecular formula is C21H21F2IN2O3. The smallest absolute Gasteiger partial charge is 0.252 e. The second-order valence-corrected chi connectivity index (χ2v) is 8.28. The Labute approximate surface area is 181 Å². The summed E-state index contributed by atoms with van der Waals surface area (Å²) < 4.78 is 35.2. The van der Waals surface area contributed by atoms with Crippen LogP contribution in [0.4, 0.5) is 8.78 Å². The predicted molar refractivity (Wildman–Crippen MR) is 113 cm³/mol. The van der Waals surface area contributed by atoms with Crippen LogP contribution < -0.4 is 10.5 Å². The molecule has 2 N–H and O–H groups in total. The fourth-order valence-corrected chi connectivity index (χ4v) is 3.94. The molecule has 1 aliphatic heterocycles. The molecule has 2 amide bonds. The van der Waals surface area contributed by atoms with Gasteiger partial charge in [0.1, 0.15) is 23.5 Å². The standard InChI is InChI=1S/C21H21F2IN2O3/c1-12(27)26-6-4-17(5-7-26)29-19-10-15(22)9-14(20(19)21(25)28)8-13-2-3-16(24)11-18(13)23/h2-3,9-11,17H,4-8H2,1H3,(H2,25,28). The molecule has 0 aliphatic carbocycles. The normalized spacial score (nSPS) is 14.7. The van der Waals surface area contributed by atoms with Crippen molar-refractivity contribution < 1.29 is 23.1 Å². The van der Waals surface area contributed by atoms with Gasteiger partial charge in [-0.2, -0.15) is 0 Å². The Balaban J connectivity index is 1.88. The van der Waals surface area contributed by atoms with E-state index in [0.717, 1.165) is 9.64 Å². The van der Waals surface area contributed by atoms with Gasteiger partial charge < -0.3 is 15.4 Å². The summed E-state index contributed by atoms with van der Waals surface area (Å²) in [6, 6.07) is 7.03. The van der Waals surface area contributed by atoms with Crippen LogP contribution >= 0.6 is 22.6 Å². The zero-order chi connectivity index (χ0) is 21.1. The number of ether oxygens (including phenoxy) is 1. The number of halogens is 3. The van der Waals surface area contributed by atoms with Gasteiger partial charge in [-0.25, -0.2) is 8.78 Å². The van der Waals surface area contributed by atoms with E-state index in [1.165, 1.54) is 19.1 Å². The lowest BCUT2D eigenvalue weighted by atomic mass is 9.97. The number of piperidine rings is 1. The Morgan fingerprint density at radius 1 is 1.17 bits per heavy atom. The molecule has 0 bridgehead atoms. The molecule has 0 aromatic heterocycles. The van der Waals surface area contributed by atoms with Crippen molar-refractivity contribution in [2.24, 2.45) is 5.73 Å². The average molecular weight is 514 g/mol. The van der Waals surface area contributed by atoms with E-state index in [-0.39, 0.29) is 35.3 Å². The van der Waals surface area contributed by atoms with Gasteiger partial charge in [0.15, 0.2) is 0 Å². The first-order valence-corrected chi connectivity index (χ1v) is 10.3. The van der Waals surface area contributed by atoms with Gasteiger partial charge in [-0.05, 0) is 51.9 Å². The van der Waals surface area contributed by atoms with Crippen LogP contribution in [0.5, 0.6) is 5.75 Å². The minimum atomic E-state index is -0.762. The zero-order valence-electron chi connectivity index (χ0n) is 15.9. The molecule has 2 aromatic rings. The Kier molecular flexibility index (Phi) is 6.71. The summed E-state index contributed by atoms with van der Waals surface area (Å²) in [6.07, 6.45) is 0.872. The molecule has 29 heavy (non-hydrogen) atoms. The van der Waals surface area contributed by atoms with E-state index >= 15 is 0 Å². The third-order valence-corrected chi connectivity index (χ3v) is 5.64. The highest BCUT2D eigenvalue weighted by Crippen LogP contribution is 2.29. The van der Waals surface area contributed by atoms with Gasteiger partial charge in [0.25, 0.3) is 5.91 Å². The number of amides is 2. The quantitative estimate of drug-likeness (QED) is 0.620. The lowest BCUT2D eigenvalue weighted by Gasteiger charge is -2.32. The highest BCUT2D eigenvalue weighted by molar-refractivity contribution is 14.1. The topological polar surface area (TPSA) is 72.6 Å². The highest BCUT2D eigenvalue weighted by Gasteiger charge is 2.25. The Morgan fingerprint density at radius 3 is 2.45 bits per heavy atom.